The number of aromatic amines is 1. The molecule has 0 saturated heterocycles. The number of amides is 14. The van der Waals surface area contributed by atoms with Crippen molar-refractivity contribution < 1.29 is 72.2 Å². The minimum Gasteiger partial charge on any atom is -0.508 e. The van der Waals surface area contributed by atoms with Gasteiger partial charge in [0.05, 0.1) is 19.1 Å². The number of phenols is 1. The fraction of sp³-hybridized carbons (Fsp3) is 0.659. The molecule has 0 fully saturated rings. The van der Waals surface area contributed by atoms with Crippen molar-refractivity contribution in [2.75, 3.05) is 45.8 Å². The molecule has 34 heteroatoms. The van der Waals surface area contributed by atoms with E-state index in [1.54, 1.807) is 18.3 Å². The summed E-state index contributed by atoms with van der Waals surface area (Å²) in [4.78, 5) is 191. The Balaban J connectivity index is 1.41. The monoisotopic (exact) mass is 1670 g/mol. The first-order chi connectivity index (χ1) is 56.8. The lowest BCUT2D eigenvalue weighted by Gasteiger charge is -2.24. The first kappa shape index (κ1) is 103. The van der Waals surface area contributed by atoms with E-state index in [-0.39, 0.29) is 119 Å². The van der Waals surface area contributed by atoms with Crippen LogP contribution in [0.1, 0.15) is 252 Å². The van der Waals surface area contributed by atoms with Crippen LogP contribution in [0.4, 0.5) is 0 Å². The molecule has 34 nitrogen and oxygen atoms in total. The number of aliphatic imine (C=N–C) groups is 1. The van der Waals surface area contributed by atoms with Gasteiger partial charge in [0.25, 0.3) is 0 Å². The number of unbranched alkanes of at least 4 members (excludes halogenated alkanes) is 16. The Morgan fingerprint density at radius 2 is 0.824 bits per heavy atom. The number of H-pyrrole nitrogens is 1. The number of carbonyl (C=O) groups is 14. The summed E-state index contributed by atoms with van der Waals surface area (Å²) in [6.45, 7) is 12.6. The molecule has 0 spiro atoms. The van der Waals surface area contributed by atoms with E-state index in [1.165, 1.54) is 90.2 Å². The molecule has 23 N–H and O–H groups in total. The zero-order valence-electron chi connectivity index (χ0n) is 71.5. The minimum absolute atomic E-state index is 0.0167. The van der Waals surface area contributed by atoms with Crippen LogP contribution in [0.5, 0.6) is 5.75 Å². The number of benzene rings is 2. The zero-order chi connectivity index (χ0) is 87.9. The number of nitrogens with zero attached hydrogens (tertiary/aromatic N) is 1. The quantitative estimate of drug-likeness (QED) is 0.0216. The smallest absolute Gasteiger partial charge is 0.243 e. The summed E-state index contributed by atoms with van der Waals surface area (Å²) in [7, 11) is 0. The van der Waals surface area contributed by atoms with E-state index in [4.69, 9.17) is 22.9 Å². The second kappa shape index (κ2) is 60.1. The number of aromatic nitrogens is 1. The Morgan fingerprint density at radius 1 is 0.395 bits per heavy atom. The summed E-state index contributed by atoms with van der Waals surface area (Å²) in [5, 5.41) is 45.8. The van der Waals surface area contributed by atoms with Crippen LogP contribution in [0.25, 0.3) is 10.9 Å². The van der Waals surface area contributed by atoms with E-state index in [1.807, 2.05) is 52.0 Å². The average Bonchev–Trinajstić information content (AvgIpc) is 1.79. The molecule has 119 heavy (non-hydrogen) atoms. The Kier molecular flexibility index (Phi) is 51.9. The largest absolute Gasteiger partial charge is 0.508 e. The molecule has 666 valence electrons. The van der Waals surface area contributed by atoms with Gasteiger partial charge in [0, 0.05) is 81.9 Å². The second-order valence-electron chi connectivity index (χ2n) is 31.7. The molecule has 0 radical (unpaired) electrons. The summed E-state index contributed by atoms with van der Waals surface area (Å²) in [5.41, 5.74) is 25.2. The van der Waals surface area contributed by atoms with Gasteiger partial charge in [0.2, 0.25) is 82.7 Å². The highest BCUT2D eigenvalue weighted by atomic mass is 16.3. The van der Waals surface area contributed by atoms with Crippen LogP contribution < -0.4 is 92.1 Å². The maximum absolute atomic E-state index is 14.3. The standard InChI is InChI=1S/C85H141N19O15/c1-8-9-10-11-12-13-14-15-16-17-18-19-20-36-71(106)90-44-27-23-34-66(102-84(119)70(51-60-40-42-62(105)43-41-60)104-80(115)64(86)52-61-53-95-65-33-22-21-32-63(61)65)81(116)93-47-30-26-38-73(108)91-45-28-24-37-72(107)92-46-29-25-39-74(109)96-54-75(110)100-67(35-31-48-94-85(88)89)82(117)99-59(7)79(114)98-58(6)78(113)97-55-76(111)101-69(50-57(4)5)83(118)103-68(77(87)112)49-56(2)3/h21-22,32-33,40-43,53,56-59,64,66-70,95,105H,8-20,23-31,34-39,44-52,54-55,86H2,1-7H3,(H2,87,112)(H,90,106)(H,91,108)(H,92,107)(H,93,116)(H,96,109)(H,97,113)(H,98,114)(H,99,117)(H,100,110)(H,101,111)(H,102,119)(H,103,118)(H,104,115)(H4,88,89,94)/t58-,59-,64-,66-,67-,68-,69-,70-/m0/s1. The number of carbonyl (C=O) groups excluding carboxylic acids is 14. The average molecular weight is 1670 g/mol. The first-order valence-electron chi connectivity index (χ1n) is 43.0. The van der Waals surface area contributed by atoms with Crippen LogP contribution in [0.2, 0.25) is 0 Å². The summed E-state index contributed by atoms with van der Waals surface area (Å²) >= 11 is 0. The number of fused-ring (bicyclic) bond motifs is 1. The summed E-state index contributed by atoms with van der Waals surface area (Å²) in [5.74, 6) is -7.81. The molecule has 1 heterocycles. The maximum Gasteiger partial charge on any atom is 0.243 e. The van der Waals surface area contributed by atoms with Crippen molar-refractivity contribution in [2.24, 2.45) is 39.8 Å². The van der Waals surface area contributed by atoms with Gasteiger partial charge in [-0.1, -0.05) is 142 Å². The van der Waals surface area contributed by atoms with Crippen LogP contribution in [-0.2, 0) is 80.0 Å². The molecule has 0 bridgehead atoms. The third-order valence-corrected chi connectivity index (χ3v) is 20.0. The molecule has 1 aromatic heterocycles. The van der Waals surface area contributed by atoms with Crippen LogP contribution in [0.15, 0.2) is 59.7 Å². The topological polar surface area (TPSA) is 548 Å². The molecule has 0 unspecified atom stereocenters. The summed E-state index contributed by atoms with van der Waals surface area (Å²) in [6.07, 6.45) is 23.3. The van der Waals surface area contributed by atoms with Crippen LogP contribution in [0.3, 0.4) is 0 Å². The molecule has 0 aliphatic carbocycles. The predicted octanol–water partition coefficient (Wildman–Crippen LogP) is 3.91. The molecular formula is C85H141N19O15. The lowest BCUT2D eigenvalue weighted by atomic mass is 10.0. The highest BCUT2D eigenvalue weighted by Crippen LogP contribution is 2.21. The van der Waals surface area contributed by atoms with Crippen LogP contribution >= 0.6 is 0 Å². The molecular weight excluding hydrogens is 1530 g/mol. The number of hydrogen-bond acceptors (Lipinski definition) is 17. The number of guanidine groups is 1. The van der Waals surface area contributed by atoms with Crippen molar-refractivity contribution in [2.45, 2.75) is 302 Å². The Hall–Kier alpha value is -10.4. The van der Waals surface area contributed by atoms with Gasteiger partial charge in [-0.3, -0.25) is 72.1 Å². The fourth-order valence-corrected chi connectivity index (χ4v) is 13.1. The molecule has 3 aromatic rings. The maximum atomic E-state index is 14.3. The number of aromatic hydroxyl groups is 1. The minimum atomic E-state index is -1.24. The van der Waals surface area contributed by atoms with Gasteiger partial charge in [0.15, 0.2) is 5.96 Å². The van der Waals surface area contributed by atoms with Crippen molar-refractivity contribution in [1.82, 2.24) is 74.1 Å². The van der Waals surface area contributed by atoms with Gasteiger partial charge in [-0.2, -0.15) is 0 Å². The SMILES string of the molecule is CCCCCCCCCCCCCCCC(=O)NCCCC[C@H](NC(=O)[C@H](Cc1ccc(O)cc1)NC(=O)[C@@H](N)Cc1c[nH]c2ccccc12)C(=O)NCCCCC(=O)NCCCCC(=O)NCCCCC(=O)NCC(=O)N[C@@H](CCCN=C(N)N)C(=O)N[C@@H](C)C(=O)N[C@@H](C)C(=O)NCC(=O)N[C@@H](CC(C)C)C(=O)N[C@@H](CC(C)C)C(N)=O. The fourth-order valence-electron chi connectivity index (χ4n) is 13.1. The van der Waals surface area contributed by atoms with E-state index in [0.29, 0.717) is 82.9 Å². The molecule has 14 amide bonds. The Bertz CT molecular complexity index is 3640. The van der Waals surface area contributed by atoms with E-state index < -0.39 is 126 Å². The third kappa shape index (κ3) is 47.1. The highest BCUT2D eigenvalue weighted by molar-refractivity contribution is 5.97. The van der Waals surface area contributed by atoms with Crippen LogP contribution in [-0.4, -0.2) is 193 Å². The zero-order valence-corrected chi connectivity index (χ0v) is 71.5. The molecule has 0 saturated carbocycles. The van der Waals surface area contributed by atoms with Crippen molar-refractivity contribution >= 4 is 99.6 Å². The van der Waals surface area contributed by atoms with E-state index >= 15 is 0 Å². The molecule has 2 aromatic carbocycles. The number of hydrogen-bond donors (Lipinski definition) is 19. The Morgan fingerprint density at radius 3 is 1.37 bits per heavy atom. The number of nitrogens with one attached hydrogen (secondary N) is 14. The number of primary amides is 1. The van der Waals surface area contributed by atoms with Crippen molar-refractivity contribution in [3.63, 3.8) is 0 Å². The van der Waals surface area contributed by atoms with Gasteiger partial charge in [-0.05, 0) is 151 Å². The van der Waals surface area contributed by atoms with Crippen molar-refractivity contribution in [3.8, 4) is 5.75 Å². The molecule has 0 aliphatic heterocycles. The van der Waals surface area contributed by atoms with E-state index in [0.717, 1.165) is 35.7 Å². The van der Waals surface area contributed by atoms with Gasteiger partial charge in [-0.25, -0.2) is 0 Å². The third-order valence-electron chi connectivity index (χ3n) is 20.0. The van der Waals surface area contributed by atoms with E-state index in [2.05, 4.69) is 86.0 Å². The number of rotatable bonds is 65. The summed E-state index contributed by atoms with van der Waals surface area (Å²) < 4.78 is 0. The number of para-hydroxylation sites is 1. The number of nitrogens with two attached hydrogens (primary N) is 4. The van der Waals surface area contributed by atoms with Crippen molar-refractivity contribution in [3.05, 3.63) is 65.9 Å². The van der Waals surface area contributed by atoms with Gasteiger partial charge < -0.3 is 102 Å². The molecule has 0 aliphatic rings. The predicted molar refractivity (Wildman–Crippen MR) is 458 cm³/mol. The highest BCUT2D eigenvalue weighted by Gasteiger charge is 2.32. The lowest BCUT2D eigenvalue weighted by Crippen LogP contribution is -2.56. The van der Waals surface area contributed by atoms with Crippen molar-refractivity contribution in [1.29, 1.82) is 0 Å². The number of phenolic OH excluding ortho intramolecular Hbond substituents is 1. The molecule has 8 atom stereocenters. The second-order valence-corrected chi connectivity index (χ2v) is 31.7. The first-order valence-corrected chi connectivity index (χ1v) is 43.0. The van der Waals surface area contributed by atoms with Gasteiger partial charge in [-0.15, -0.1) is 0 Å². The van der Waals surface area contributed by atoms with Gasteiger partial charge >= 0.3 is 0 Å². The Labute approximate surface area is 702 Å². The normalized spacial score (nSPS) is 13.2. The summed E-state index contributed by atoms with van der Waals surface area (Å²) in [6, 6.07) is 5.00. The molecule has 3 rings (SSSR count). The lowest BCUT2D eigenvalue weighted by molar-refractivity contribution is -0.134. The van der Waals surface area contributed by atoms with Gasteiger partial charge in [0.1, 0.15) is 48.0 Å². The van der Waals surface area contributed by atoms with E-state index in [9.17, 15) is 72.2 Å². The van der Waals surface area contributed by atoms with Crippen LogP contribution in [0, 0.1) is 11.8 Å².